The SMILES string of the molecule is CCCC[N+](CCCC)(CCCC)CCCC.S=C([Se-])c1ccc(-c2ccccc2)cc1. The maximum absolute atomic E-state index is 5.07. The molecule has 2 rings (SSSR count). The summed E-state index contributed by atoms with van der Waals surface area (Å²) >= 11 is 7.91. The third-order valence-electron chi connectivity index (χ3n) is 6.17. The second kappa shape index (κ2) is 17.5. The summed E-state index contributed by atoms with van der Waals surface area (Å²) < 4.78 is 2.23. The molecule has 0 amide bonds. The zero-order valence-electron chi connectivity index (χ0n) is 20.9. The van der Waals surface area contributed by atoms with Gasteiger partial charge in [0.05, 0.1) is 26.2 Å². The average Bonchev–Trinajstić information content (AvgIpc) is 2.84. The van der Waals surface area contributed by atoms with Crippen LogP contribution in [0.5, 0.6) is 0 Å². The first-order chi connectivity index (χ1) is 15.5. The van der Waals surface area contributed by atoms with Crippen LogP contribution in [0.1, 0.15) is 84.6 Å². The van der Waals surface area contributed by atoms with Crippen molar-refractivity contribution >= 4 is 32.0 Å². The van der Waals surface area contributed by atoms with Crippen LogP contribution in [0.3, 0.4) is 0 Å². The van der Waals surface area contributed by atoms with E-state index < -0.39 is 0 Å². The molecule has 0 spiro atoms. The van der Waals surface area contributed by atoms with Gasteiger partial charge in [-0.05, 0) is 25.7 Å². The normalized spacial score (nSPS) is 11.0. The Balaban J connectivity index is 0.000000321. The summed E-state index contributed by atoms with van der Waals surface area (Å²) in [5.74, 6) is 0. The summed E-state index contributed by atoms with van der Waals surface area (Å²) in [5, 5.41) is 0. The number of thiocarbonyl (C=S) groups is 1. The molecule has 0 aliphatic carbocycles. The first kappa shape index (κ1) is 29.0. The fourth-order valence-electron chi connectivity index (χ4n) is 4.07. The van der Waals surface area contributed by atoms with Crippen LogP contribution in [0.4, 0.5) is 0 Å². The van der Waals surface area contributed by atoms with Crippen molar-refractivity contribution in [3.63, 3.8) is 0 Å². The molecule has 32 heavy (non-hydrogen) atoms. The molecule has 0 fully saturated rings. The molecule has 0 bridgehead atoms. The van der Waals surface area contributed by atoms with E-state index in [1.165, 1.54) is 93.2 Å². The van der Waals surface area contributed by atoms with Gasteiger partial charge in [-0.2, -0.15) is 0 Å². The van der Waals surface area contributed by atoms with Gasteiger partial charge in [0.25, 0.3) is 0 Å². The number of hydrogen-bond donors (Lipinski definition) is 0. The van der Waals surface area contributed by atoms with Crippen LogP contribution in [0, 0.1) is 0 Å². The minimum absolute atomic E-state index is 0.814. The molecule has 0 radical (unpaired) electrons. The molecule has 3 heteroatoms. The number of benzene rings is 2. The maximum atomic E-state index is 5.07. The fraction of sp³-hybridized carbons (Fsp3) is 0.552. The van der Waals surface area contributed by atoms with Crippen LogP contribution in [0.15, 0.2) is 54.6 Å². The molecule has 0 unspecified atom stereocenters. The van der Waals surface area contributed by atoms with E-state index in [0.29, 0.717) is 0 Å². The predicted molar refractivity (Wildman–Crippen MR) is 149 cm³/mol. The molecule has 1 nitrogen and oxygen atoms in total. The predicted octanol–water partition coefficient (Wildman–Crippen LogP) is 8.20. The van der Waals surface area contributed by atoms with Crippen molar-refractivity contribution in [2.75, 3.05) is 26.2 Å². The van der Waals surface area contributed by atoms with Crippen molar-refractivity contribution in [1.29, 1.82) is 0 Å². The van der Waals surface area contributed by atoms with Gasteiger partial charge in [0.2, 0.25) is 0 Å². The molecule has 2 aromatic rings. The summed E-state index contributed by atoms with van der Waals surface area (Å²) in [7, 11) is 0. The van der Waals surface area contributed by atoms with Crippen LogP contribution in [0.2, 0.25) is 0 Å². The summed E-state index contributed by atoms with van der Waals surface area (Å²) in [5.41, 5.74) is 3.52. The Labute approximate surface area is 212 Å². The van der Waals surface area contributed by atoms with Crippen molar-refractivity contribution in [2.24, 2.45) is 0 Å². The monoisotopic (exact) mass is 519 g/mol. The Bertz CT molecular complexity index is 689. The van der Waals surface area contributed by atoms with E-state index in [1.54, 1.807) is 0 Å². The second-order valence-corrected chi connectivity index (χ2v) is 10.7. The first-order valence-corrected chi connectivity index (χ1v) is 14.0. The Morgan fingerprint density at radius 3 is 1.34 bits per heavy atom. The van der Waals surface area contributed by atoms with Crippen molar-refractivity contribution in [3.8, 4) is 11.1 Å². The Morgan fingerprint density at radius 1 is 0.625 bits per heavy atom. The number of hydrogen-bond acceptors (Lipinski definition) is 1. The van der Waals surface area contributed by atoms with Gasteiger partial charge in [0.15, 0.2) is 0 Å². The van der Waals surface area contributed by atoms with Gasteiger partial charge in [-0.3, -0.25) is 0 Å². The molecule has 0 aliphatic heterocycles. The first-order valence-electron chi connectivity index (χ1n) is 12.7. The van der Waals surface area contributed by atoms with Crippen LogP contribution < -0.4 is 0 Å². The van der Waals surface area contributed by atoms with E-state index in [1.807, 2.05) is 30.3 Å². The van der Waals surface area contributed by atoms with E-state index >= 15 is 0 Å². The molecular weight excluding hydrogens is 473 g/mol. The van der Waals surface area contributed by atoms with Crippen LogP contribution >= 0.6 is 12.2 Å². The summed E-state index contributed by atoms with van der Waals surface area (Å²) in [6, 6.07) is 18.6. The molecule has 0 heterocycles. The van der Waals surface area contributed by atoms with Gasteiger partial charge in [0, 0.05) is 0 Å². The molecule has 0 aliphatic rings. The van der Waals surface area contributed by atoms with E-state index in [2.05, 4.69) is 68.0 Å². The molecule has 2 aromatic carbocycles. The van der Waals surface area contributed by atoms with E-state index in [0.717, 1.165) is 9.33 Å². The summed E-state index contributed by atoms with van der Waals surface area (Å²) in [6.45, 7) is 15.0. The van der Waals surface area contributed by atoms with Gasteiger partial charge < -0.3 is 4.48 Å². The molecular formula is C29H45NSSe. The van der Waals surface area contributed by atoms with E-state index in [9.17, 15) is 0 Å². The Morgan fingerprint density at radius 2 is 1.00 bits per heavy atom. The average molecular weight is 519 g/mol. The van der Waals surface area contributed by atoms with Gasteiger partial charge in [0.1, 0.15) is 0 Å². The third-order valence-corrected chi connectivity index (χ3v) is 6.90. The van der Waals surface area contributed by atoms with E-state index in [-0.39, 0.29) is 0 Å². The van der Waals surface area contributed by atoms with Crippen LogP contribution in [-0.4, -0.2) is 50.4 Å². The van der Waals surface area contributed by atoms with Gasteiger partial charge in [-0.15, -0.1) is 0 Å². The minimum atomic E-state index is 0.814. The van der Waals surface area contributed by atoms with E-state index in [4.69, 9.17) is 12.2 Å². The molecule has 0 saturated heterocycles. The van der Waals surface area contributed by atoms with Gasteiger partial charge in [-0.1, -0.05) is 53.4 Å². The summed E-state index contributed by atoms with van der Waals surface area (Å²) in [6.07, 6.45) is 11.1. The van der Waals surface area contributed by atoms with Crippen LogP contribution in [0.25, 0.3) is 11.1 Å². The van der Waals surface area contributed by atoms with Gasteiger partial charge in [-0.25, -0.2) is 0 Å². The Hall–Kier alpha value is -0.991. The van der Waals surface area contributed by atoms with Crippen molar-refractivity contribution in [1.82, 2.24) is 0 Å². The topological polar surface area (TPSA) is 0 Å². The molecule has 0 aromatic heterocycles. The van der Waals surface area contributed by atoms with Crippen molar-refractivity contribution in [2.45, 2.75) is 79.1 Å². The zero-order valence-corrected chi connectivity index (χ0v) is 23.5. The number of unbranched alkanes of at least 4 members (excludes halogenated alkanes) is 4. The quantitative estimate of drug-likeness (QED) is 0.138. The molecule has 178 valence electrons. The van der Waals surface area contributed by atoms with Crippen LogP contribution in [-0.2, 0) is 0 Å². The summed E-state index contributed by atoms with van der Waals surface area (Å²) in [4.78, 5) is 0. The zero-order chi connectivity index (χ0) is 23.7. The number of nitrogens with zero attached hydrogens (tertiary/aromatic N) is 1. The molecule has 0 atom stereocenters. The van der Waals surface area contributed by atoms with Crippen molar-refractivity contribution < 1.29 is 4.48 Å². The number of quaternary nitrogens is 1. The number of rotatable bonds is 14. The Kier molecular flexibility index (Phi) is 15.9. The second-order valence-electron chi connectivity index (χ2n) is 8.88. The molecule has 0 saturated carbocycles. The van der Waals surface area contributed by atoms with Gasteiger partial charge >= 0.3 is 103 Å². The van der Waals surface area contributed by atoms with Crippen molar-refractivity contribution in [3.05, 3.63) is 60.2 Å². The molecule has 0 N–H and O–H groups in total. The third kappa shape index (κ3) is 11.2. The standard InChI is InChI=1S/C16H36N.C13H10SSe/c1-5-9-13-17(14-10-6-2,15-11-7-3)16-12-8-4;14-13(15)12-8-6-11(7-9-12)10-4-2-1-3-5-10/h5-16H2,1-4H3;1-9H,(H,14,15)/q+1;/p-1. The fourth-order valence-corrected chi connectivity index (χ4v) is 4.50.